The minimum Gasteiger partial charge on any atom is -0.497 e. The third-order valence-corrected chi connectivity index (χ3v) is 7.27. The van der Waals surface area contributed by atoms with Gasteiger partial charge in [0.25, 0.3) is 0 Å². The lowest BCUT2D eigenvalue weighted by atomic mass is 9.73. The standard InChI is InChI=1S/C33H33NO2/c1-23-9-7-12-31(30(23)22-34)36-29-19-15-25(16-20-29)33(4,5)27-11-8-10-26(21-27)32(2,3)24-13-17-28(35-6)18-14-24/h7-21H,1-6H3. The van der Waals surface area contributed by atoms with Crippen LogP contribution in [0, 0.1) is 18.3 Å². The predicted octanol–water partition coefficient (Wildman–Crippen LogP) is 8.32. The number of benzene rings is 4. The molecule has 0 saturated heterocycles. The van der Waals surface area contributed by atoms with Gasteiger partial charge in [-0.25, -0.2) is 0 Å². The Balaban J connectivity index is 1.60. The van der Waals surface area contributed by atoms with Gasteiger partial charge in [0.1, 0.15) is 23.3 Å². The Morgan fingerprint density at radius 2 is 1.14 bits per heavy atom. The van der Waals surface area contributed by atoms with Crippen molar-refractivity contribution in [2.24, 2.45) is 0 Å². The zero-order valence-corrected chi connectivity index (χ0v) is 21.9. The van der Waals surface area contributed by atoms with Gasteiger partial charge in [-0.2, -0.15) is 5.26 Å². The van der Waals surface area contributed by atoms with E-state index in [4.69, 9.17) is 9.47 Å². The third-order valence-electron chi connectivity index (χ3n) is 7.27. The number of hydrogen-bond acceptors (Lipinski definition) is 3. The molecule has 4 aromatic rings. The monoisotopic (exact) mass is 475 g/mol. The second kappa shape index (κ2) is 9.91. The maximum absolute atomic E-state index is 9.49. The van der Waals surface area contributed by atoms with Crippen LogP contribution in [0.25, 0.3) is 0 Å². The zero-order chi connectivity index (χ0) is 25.9. The fourth-order valence-corrected chi connectivity index (χ4v) is 4.57. The molecule has 3 heteroatoms. The summed E-state index contributed by atoms with van der Waals surface area (Å²) in [5, 5.41) is 9.49. The molecule has 0 aliphatic carbocycles. The topological polar surface area (TPSA) is 42.2 Å². The molecule has 0 heterocycles. The van der Waals surface area contributed by atoms with Gasteiger partial charge in [0.2, 0.25) is 0 Å². The van der Waals surface area contributed by atoms with E-state index in [1.165, 1.54) is 22.3 Å². The van der Waals surface area contributed by atoms with Gasteiger partial charge in [-0.05, 0) is 65.1 Å². The number of nitrogens with zero attached hydrogens (tertiary/aromatic N) is 1. The molecule has 182 valence electrons. The molecule has 0 saturated carbocycles. The van der Waals surface area contributed by atoms with E-state index in [2.05, 4.69) is 82.3 Å². The summed E-state index contributed by atoms with van der Waals surface area (Å²) >= 11 is 0. The first-order valence-electron chi connectivity index (χ1n) is 12.2. The number of methoxy groups -OCH3 is 1. The quantitative estimate of drug-likeness (QED) is 0.270. The Hall–Kier alpha value is -4.03. The summed E-state index contributed by atoms with van der Waals surface area (Å²) in [4.78, 5) is 0. The van der Waals surface area contributed by atoms with Crippen molar-refractivity contribution in [1.82, 2.24) is 0 Å². The fraction of sp³-hybridized carbons (Fsp3) is 0.242. The van der Waals surface area contributed by atoms with Crippen LogP contribution >= 0.6 is 0 Å². The predicted molar refractivity (Wildman–Crippen MR) is 146 cm³/mol. The van der Waals surface area contributed by atoms with Gasteiger partial charge < -0.3 is 9.47 Å². The lowest BCUT2D eigenvalue weighted by Gasteiger charge is -2.31. The second-order valence-corrected chi connectivity index (χ2v) is 10.2. The van der Waals surface area contributed by atoms with Crippen molar-refractivity contribution in [3.8, 4) is 23.3 Å². The highest BCUT2D eigenvalue weighted by atomic mass is 16.5. The Bertz CT molecular complexity index is 1390. The highest BCUT2D eigenvalue weighted by Crippen LogP contribution is 2.38. The third kappa shape index (κ3) is 4.86. The smallest absolute Gasteiger partial charge is 0.145 e. The number of aryl methyl sites for hydroxylation is 1. The molecule has 0 bridgehead atoms. The van der Waals surface area contributed by atoms with Gasteiger partial charge >= 0.3 is 0 Å². The van der Waals surface area contributed by atoms with E-state index < -0.39 is 0 Å². The Morgan fingerprint density at radius 3 is 1.64 bits per heavy atom. The summed E-state index contributed by atoms with van der Waals surface area (Å²) in [7, 11) is 1.69. The molecule has 0 aliphatic rings. The van der Waals surface area contributed by atoms with Gasteiger partial charge in [0.15, 0.2) is 0 Å². The molecule has 0 radical (unpaired) electrons. The summed E-state index contributed by atoms with van der Waals surface area (Å²) in [6.07, 6.45) is 0. The van der Waals surface area contributed by atoms with E-state index in [1.807, 2.05) is 49.4 Å². The first kappa shape index (κ1) is 25.1. The van der Waals surface area contributed by atoms with E-state index in [-0.39, 0.29) is 10.8 Å². The van der Waals surface area contributed by atoms with Crippen LogP contribution < -0.4 is 9.47 Å². The SMILES string of the molecule is COc1ccc(C(C)(C)c2cccc(C(C)(C)c3ccc(Oc4cccc(C)c4C#N)cc3)c2)cc1. The molecule has 36 heavy (non-hydrogen) atoms. The van der Waals surface area contributed by atoms with E-state index in [0.717, 1.165) is 11.3 Å². The number of rotatable bonds is 7. The van der Waals surface area contributed by atoms with Crippen LogP contribution in [0.2, 0.25) is 0 Å². The van der Waals surface area contributed by atoms with Gasteiger partial charge in [-0.15, -0.1) is 0 Å². The van der Waals surface area contributed by atoms with Crippen LogP contribution in [0.1, 0.15) is 61.1 Å². The first-order chi connectivity index (χ1) is 17.2. The van der Waals surface area contributed by atoms with E-state index in [0.29, 0.717) is 17.1 Å². The van der Waals surface area contributed by atoms with Crippen LogP contribution in [0.3, 0.4) is 0 Å². The molecule has 0 aliphatic heterocycles. The molecular weight excluding hydrogens is 442 g/mol. The molecule has 0 spiro atoms. The normalized spacial score (nSPS) is 11.6. The van der Waals surface area contributed by atoms with Crippen molar-refractivity contribution in [2.75, 3.05) is 7.11 Å². The highest BCUT2D eigenvalue weighted by Gasteiger charge is 2.28. The van der Waals surface area contributed by atoms with Crippen LogP contribution in [0.5, 0.6) is 17.2 Å². The maximum atomic E-state index is 9.49. The molecule has 0 amide bonds. The van der Waals surface area contributed by atoms with Crippen LogP contribution in [0.4, 0.5) is 0 Å². The number of nitriles is 1. The highest BCUT2D eigenvalue weighted by molar-refractivity contribution is 5.51. The van der Waals surface area contributed by atoms with E-state index in [9.17, 15) is 5.26 Å². The van der Waals surface area contributed by atoms with Crippen LogP contribution in [-0.4, -0.2) is 7.11 Å². The van der Waals surface area contributed by atoms with Gasteiger partial charge in [-0.3, -0.25) is 0 Å². The Labute approximate surface area is 215 Å². The van der Waals surface area contributed by atoms with Crippen molar-refractivity contribution < 1.29 is 9.47 Å². The van der Waals surface area contributed by atoms with Crippen molar-refractivity contribution >= 4 is 0 Å². The molecule has 0 N–H and O–H groups in total. The average molecular weight is 476 g/mol. The first-order valence-corrected chi connectivity index (χ1v) is 12.2. The minimum absolute atomic E-state index is 0.150. The average Bonchev–Trinajstić information content (AvgIpc) is 2.89. The van der Waals surface area contributed by atoms with Crippen molar-refractivity contribution in [3.05, 3.63) is 124 Å². The lowest BCUT2D eigenvalue weighted by molar-refractivity contribution is 0.414. The van der Waals surface area contributed by atoms with Crippen molar-refractivity contribution in [2.45, 2.75) is 45.4 Å². The molecule has 0 fully saturated rings. The second-order valence-electron chi connectivity index (χ2n) is 10.2. The molecule has 0 atom stereocenters. The Morgan fingerprint density at radius 1 is 0.639 bits per heavy atom. The van der Waals surface area contributed by atoms with Gasteiger partial charge in [-0.1, -0.05) is 88.4 Å². The van der Waals surface area contributed by atoms with Crippen LogP contribution in [0.15, 0.2) is 91.0 Å². The summed E-state index contributed by atoms with van der Waals surface area (Å²) in [6, 6.07) is 33.3. The van der Waals surface area contributed by atoms with E-state index >= 15 is 0 Å². The van der Waals surface area contributed by atoms with Crippen molar-refractivity contribution in [3.63, 3.8) is 0 Å². The summed E-state index contributed by atoms with van der Waals surface area (Å²) < 4.78 is 11.4. The van der Waals surface area contributed by atoms with Gasteiger partial charge in [0.05, 0.1) is 12.7 Å². The van der Waals surface area contributed by atoms with E-state index in [1.54, 1.807) is 7.11 Å². The molecule has 0 aromatic heterocycles. The molecule has 3 nitrogen and oxygen atoms in total. The zero-order valence-electron chi connectivity index (χ0n) is 21.9. The summed E-state index contributed by atoms with van der Waals surface area (Å²) in [6.45, 7) is 10.9. The molecule has 4 rings (SSSR count). The van der Waals surface area contributed by atoms with Gasteiger partial charge in [0, 0.05) is 10.8 Å². The summed E-state index contributed by atoms with van der Waals surface area (Å²) in [5.41, 5.74) is 6.07. The molecule has 4 aromatic carbocycles. The number of ether oxygens (including phenoxy) is 2. The molecular formula is C33H33NO2. The van der Waals surface area contributed by atoms with Crippen molar-refractivity contribution in [1.29, 1.82) is 5.26 Å². The fourth-order valence-electron chi connectivity index (χ4n) is 4.57. The maximum Gasteiger partial charge on any atom is 0.145 e. The summed E-state index contributed by atoms with van der Waals surface area (Å²) in [5.74, 6) is 2.16. The number of hydrogen-bond donors (Lipinski definition) is 0. The minimum atomic E-state index is -0.203. The molecule has 0 unspecified atom stereocenters. The van der Waals surface area contributed by atoms with Crippen LogP contribution in [-0.2, 0) is 10.8 Å². The Kier molecular flexibility index (Phi) is 6.91. The largest absolute Gasteiger partial charge is 0.497 e. The lowest BCUT2D eigenvalue weighted by Crippen LogP contribution is -2.22.